The van der Waals surface area contributed by atoms with Gasteiger partial charge in [0.15, 0.2) is 0 Å². The second-order valence-corrected chi connectivity index (χ2v) is 3.94. The van der Waals surface area contributed by atoms with Crippen LogP contribution in [0.15, 0.2) is 12.1 Å². The van der Waals surface area contributed by atoms with E-state index >= 15 is 0 Å². The zero-order valence-corrected chi connectivity index (χ0v) is 10.4. The summed E-state index contributed by atoms with van der Waals surface area (Å²) in [5, 5.41) is 8.84. The molecule has 1 heterocycles. The van der Waals surface area contributed by atoms with Crippen molar-refractivity contribution in [2.75, 3.05) is 24.6 Å². The molecule has 0 atom stereocenters. The molecule has 0 saturated heterocycles. The number of pyridine rings is 1. The highest BCUT2D eigenvalue weighted by molar-refractivity contribution is 5.48. The van der Waals surface area contributed by atoms with E-state index in [1.54, 1.807) is 0 Å². The SMILES string of the molecule is NCc1ccc(C(F)(F)F)nc1N(CCO)CC(F)F. The van der Waals surface area contributed by atoms with Gasteiger partial charge in [-0.1, -0.05) is 6.07 Å². The van der Waals surface area contributed by atoms with Crippen molar-refractivity contribution >= 4 is 5.82 Å². The summed E-state index contributed by atoms with van der Waals surface area (Å²) in [4.78, 5) is 4.25. The minimum absolute atomic E-state index is 0.147. The van der Waals surface area contributed by atoms with Gasteiger partial charge in [-0.3, -0.25) is 0 Å². The third-order valence-electron chi connectivity index (χ3n) is 2.49. The minimum atomic E-state index is -4.68. The first-order chi connectivity index (χ1) is 9.29. The number of alkyl halides is 5. The molecule has 0 unspecified atom stereocenters. The molecule has 0 fully saturated rings. The van der Waals surface area contributed by atoms with E-state index in [0.717, 1.165) is 17.0 Å². The van der Waals surface area contributed by atoms with Gasteiger partial charge in [-0.05, 0) is 6.07 Å². The largest absolute Gasteiger partial charge is 0.433 e. The Bertz CT molecular complexity index is 439. The number of nitrogens with zero attached hydrogens (tertiary/aromatic N) is 2. The fourth-order valence-electron chi connectivity index (χ4n) is 1.64. The molecule has 114 valence electrons. The van der Waals surface area contributed by atoms with E-state index in [1.165, 1.54) is 0 Å². The molecule has 1 aromatic rings. The lowest BCUT2D eigenvalue weighted by molar-refractivity contribution is -0.141. The fourth-order valence-corrected chi connectivity index (χ4v) is 1.64. The molecule has 0 saturated carbocycles. The van der Waals surface area contributed by atoms with E-state index in [0.29, 0.717) is 0 Å². The van der Waals surface area contributed by atoms with Crippen LogP contribution in [0, 0.1) is 0 Å². The van der Waals surface area contributed by atoms with Gasteiger partial charge in [0.2, 0.25) is 0 Å². The maximum absolute atomic E-state index is 12.6. The van der Waals surface area contributed by atoms with E-state index in [4.69, 9.17) is 10.8 Å². The molecule has 0 aliphatic carbocycles. The van der Waals surface area contributed by atoms with Crippen molar-refractivity contribution in [3.63, 3.8) is 0 Å². The highest BCUT2D eigenvalue weighted by Crippen LogP contribution is 2.30. The van der Waals surface area contributed by atoms with Crippen molar-refractivity contribution in [3.05, 3.63) is 23.4 Å². The molecule has 3 N–H and O–H groups in total. The van der Waals surface area contributed by atoms with Gasteiger partial charge in [0.05, 0.1) is 13.2 Å². The predicted octanol–water partition coefficient (Wildman–Crippen LogP) is 1.62. The smallest absolute Gasteiger partial charge is 0.395 e. The van der Waals surface area contributed by atoms with Crippen LogP contribution in [-0.2, 0) is 12.7 Å². The Morgan fingerprint density at radius 2 is 1.95 bits per heavy atom. The monoisotopic (exact) mass is 299 g/mol. The van der Waals surface area contributed by atoms with E-state index in [2.05, 4.69) is 4.98 Å². The molecule has 1 aromatic heterocycles. The number of nitrogens with two attached hydrogens (primary N) is 1. The van der Waals surface area contributed by atoms with Gasteiger partial charge in [0.25, 0.3) is 6.43 Å². The predicted molar refractivity (Wildman–Crippen MR) is 62.4 cm³/mol. The Morgan fingerprint density at radius 1 is 1.30 bits per heavy atom. The molecular formula is C11H14F5N3O. The van der Waals surface area contributed by atoms with E-state index < -0.39 is 31.4 Å². The van der Waals surface area contributed by atoms with Crippen molar-refractivity contribution in [1.82, 2.24) is 4.98 Å². The first-order valence-electron chi connectivity index (χ1n) is 5.70. The number of aliphatic hydroxyl groups excluding tert-OH is 1. The average molecular weight is 299 g/mol. The van der Waals surface area contributed by atoms with Crippen LogP contribution in [0.4, 0.5) is 27.8 Å². The van der Waals surface area contributed by atoms with Crippen molar-refractivity contribution in [1.29, 1.82) is 0 Å². The van der Waals surface area contributed by atoms with Crippen LogP contribution in [0.3, 0.4) is 0 Å². The number of hydrogen-bond acceptors (Lipinski definition) is 4. The summed E-state index contributed by atoms with van der Waals surface area (Å²) in [6.45, 7) is -1.73. The summed E-state index contributed by atoms with van der Waals surface area (Å²) in [5.41, 5.74) is 4.38. The molecule has 0 spiro atoms. The van der Waals surface area contributed by atoms with Crippen LogP contribution in [0.2, 0.25) is 0 Å². The molecule has 0 aromatic carbocycles. The van der Waals surface area contributed by atoms with Crippen LogP contribution in [0.25, 0.3) is 0 Å². The molecule has 0 aliphatic heterocycles. The summed E-state index contributed by atoms with van der Waals surface area (Å²) in [6.07, 6.45) is -7.46. The van der Waals surface area contributed by atoms with Crippen molar-refractivity contribution in [3.8, 4) is 0 Å². The van der Waals surface area contributed by atoms with E-state index in [9.17, 15) is 22.0 Å². The summed E-state index contributed by atoms with van der Waals surface area (Å²) in [7, 11) is 0. The maximum Gasteiger partial charge on any atom is 0.433 e. The second-order valence-electron chi connectivity index (χ2n) is 3.94. The average Bonchev–Trinajstić information content (AvgIpc) is 2.36. The Hall–Kier alpha value is -1.48. The molecule has 1 rings (SSSR count). The summed E-state index contributed by atoms with van der Waals surface area (Å²) in [5.74, 6) is -0.281. The molecule has 0 aliphatic rings. The highest BCUT2D eigenvalue weighted by atomic mass is 19.4. The Kier molecular flexibility index (Phi) is 5.63. The van der Waals surface area contributed by atoms with Crippen LogP contribution in [0.1, 0.15) is 11.3 Å². The number of anilines is 1. The zero-order chi connectivity index (χ0) is 15.3. The molecule has 0 bridgehead atoms. The van der Waals surface area contributed by atoms with Gasteiger partial charge in [-0.15, -0.1) is 0 Å². The van der Waals surface area contributed by atoms with Crippen molar-refractivity contribution < 1.29 is 27.1 Å². The normalized spacial score (nSPS) is 12.0. The Morgan fingerprint density at radius 3 is 2.40 bits per heavy atom. The molecule has 4 nitrogen and oxygen atoms in total. The van der Waals surface area contributed by atoms with E-state index in [1.807, 2.05) is 0 Å². The second kappa shape index (κ2) is 6.80. The van der Waals surface area contributed by atoms with Crippen LogP contribution in [0.5, 0.6) is 0 Å². The number of aliphatic hydroxyl groups is 1. The Labute approximate surface area is 112 Å². The Balaban J connectivity index is 3.22. The van der Waals surface area contributed by atoms with E-state index in [-0.39, 0.29) is 24.5 Å². The highest BCUT2D eigenvalue weighted by Gasteiger charge is 2.33. The first-order valence-corrected chi connectivity index (χ1v) is 5.70. The third-order valence-corrected chi connectivity index (χ3v) is 2.49. The van der Waals surface area contributed by atoms with Crippen LogP contribution in [-0.4, -0.2) is 36.2 Å². The molecule has 20 heavy (non-hydrogen) atoms. The third kappa shape index (κ3) is 4.27. The molecule has 0 radical (unpaired) electrons. The maximum atomic E-state index is 12.6. The topological polar surface area (TPSA) is 62.4 Å². The fraction of sp³-hybridized carbons (Fsp3) is 0.545. The molecule has 9 heteroatoms. The van der Waals surface area contributed by atoms with Gasteiger partial charge in [-0.2, -0.15) is 13.2 Å². The summed E-state index contributed by atoms with van der Waals surface area (Å²) >= 11 is 0. The lowest BCUT2D eigenvalue weighted by Gasteiger charge is -2.25. The van der Waals surface area contributed by atoms with Gasteiger partial charge in [0, 0.05) is 18.7 Å². The van der Waals surface area contributed by atoms with Crippen LogP contribution < -0.4 is 10.6 Å². The minimum Gasteiger partial charge on any atom is -0.395 e. The lowest BCUT2D eigenvalue weighted by Crippen LogP contribution is -2.34. The van der Waals surface area contributed by atoms with Crippen molar-refractivity contribution in [2.45, 2.75) is 19.1 Å². The zero-order valence-electron chi connectivity index (χ0n) is 10.4. The first kappa shape index (κ1) is 16.6. The van der Waals surface area contributed by atoms with Gasteiger partial charge in [0.1, 0.15) is 11.5 Å². The summed E-state index contributed by atoms with van der Waals surface area (Å²) < 4.78 is 62.7. The summed E-state index contributed by atoms with van der Waals surface area (Å²) in [6, 6.07) is 1.84. The van der Waals surface area contributed by atoms with Crippen molar-refractivity contribution in [2.24, 2.45) is 5.73 Å². The lowest BCUT2D eigenvalue weighted by atomic mass is 10.2. The number of halogens is 5. The number of rotatable bonds is 6. The number of aromatic nitrogens is 1. The van der Waals surface area contributed by atoms with Gasteiger partial charge < -0.3 is 15.7 Å². The van der Waals surface area contributed by atoms with Gasteiger partial charge >= 0.3 is 6.18 Å². The quantitative estimate of drug-likeness (QED) is 0.784. The molecule has 0 amide bonds. The van der Waals surface area contributed by atoms with Crippen LogP contribution >= 0.6 is 0 Å². The van der Waals surface area contributed by atoms with Gasteiger partial charge in [-0.25, -0.2) is 13.8 Å². The standard InChI is InChI=1S/C11H14F5N3O/c12-9(13)6-19(3-4-20)10-7(5-17)1-2-8(18-10)11(14,15)16/h1-2,9,20H,3-6,17H2. The number of hydrogen-bond donors (Lipinski definition) is 2. The molecular weight excluding hydrogens is 285 g/mol.